The summed E-state index contributed by atoms with van der Waals surface area (Å²) in [7, 11) is 0. The molecule has 0 aliphatic carbocycles. The molecule has 5 nitrogen and oxygen atoms in total. The minimum atomic E-state index is 0.388. The minimum absolute atomic E-state index is 0.388. The van der Waals surface area contributed by atoms with Gasteiger partial charge in [0.05, 0.1) is 21.8 Å². The Hall–Kier alpha value is -2.13. The number of nitriles is 1. The number of hydrogen-bond acceptors (Lipinski definition) is 5. The normalized spacial score (nSPS) is 9.83. The minimum Gasteiger partial charge on any atom is -0.383 e. The Morgan fingerprint density at radius 2 is 1.94 bits per heavy atom. The van der Waals surface area contributed by atoms with E-state index in [0.29, 0.717) is 21.8 Å². The molecular formula is C12H10BrN5. The van der Waals surface area contributed by atoms with Crippen molar-refractivity contribution < 1.29 is 0 Å². The molecule has 0 bridgehead atoms. The molecule has 0 radical (unpaired) electrons. The molecule has 0 spiro atoms. The Morgan fingerprint density at radius 1 is 1.28 bits per heavy atom. The van der Waals surface area contributed by atoms with Crippen LogP contribution >= 0.6 is 15.9 Å². The lowest BCUT2D eigenvalue weighted by Crippen LogP contribution is -2.03. The van der Waals surface area contributed by atoms with E-state index in [9.17, 15) is 0 Å². The Bertz CT molecular complexity index is 592. The van der Waals surface area contributed by atoms with E-state index in [0.717, 1.165) is 11.4 Å². The van der Waals surface area contributed by atoms with Crippen LogP contribution in [0.15, 0.2) is 28.7 Å². The summed E-state index contributed by atoms with van der Waals surface area (Å²) < 4.78 is 0.702. The maximum atomic E-state index is 8.70. The van der Waals surface area contributed by atoms with Crippen LogP contribution in [0.1, 0.15) is 11.3 Å². The van der Waals surface area contributed by atoms with Crippen LogP contribution in [0.4, 0.5) is 17.5 Å². The van der Waals surface area contributed by atoms with Gasteiger partial charge in [0.1, 0.15) is 5.82 Å². The molecule has 0 saturated carbocycles. The number of nitrogens with one attached hydrogen (secondary N) is 1. The number of halogens is 1. The average molecular weight is 304 g/mol. The molecule has 6 heteroatoms. The number of anilines is 3. The molecule has 0 fully saturated rings. The Labute approximate surface area is 113 Å². The van der Waals surface area contributed by atoms with Crippen LogP contribution in [-0.4, -0.2) is 9.97 Å². The van der Waals surface area contributed by atoms with E-state index in [1.165, 1.54) is 0 Å². The van der Waals surface area contributed by atoms with E-state index in [4.69, 9.17) is 11.0 Å². The number of nitrogen functional groups attached to an aromatic ring is 1. The summed E-state index contributed by atoms with van der Waals surface area (Å²) in [6.07, 6.45) is 0. The van der Waals surface area contributed by atoms with Crippen LogP contribution in [-0.2, 0) is 0 Å². The topological polar surface area (TPSA) is 87.6 Å². The highest BCUT2D eigenvalue weighted by molar-refractivity contribution is 9.10. The fourth-order valence-corrected chi connectivity index (χ4v) is 1.57. The molecule has 2 aromatic rings. The van der Waals surface area contributed by atoms with Crippen molar-refractivity contribution in [2.24, 2.45) is 0 Å². The summed E-state index contributed by atoms with van der Waals surface area (Å²) >= 11 is 3.30. The van der Waals surface area contributed by atoms with Crippen LogP contribution < -0.4 is 11.1 Å². The first-order valence-electron chi connectivity index (χ1n) is 5.17. The van der Waals surface area contributed by atoms with Crippen molar-refractivity contribution in [3.05, 3.63) is 40.0 Å². The molecule has 1 aromatic carbocycles. The third-order valence-corrected chi connectivity index (χ3v) is 3.29. The summed E-state index contributed by atoms with van der Waals surface area (Å²) in [5.74, 6) is 0.816. The highest BCUT2D eigenvalue weighted by Gasteiger charge is 2.06. The Kier molecular flexibility index (Phi) is 3.44. The highest BCUT2D eigenvalue weighted by Crippen LogP contribution is 2.23. The Morgan fingerprint density at radius 3 is 2.50 bits per heavy atom. The van der Waals surface area contributed by atoms with Gasteiger partial charge in [-0.3, -0.25) is 0 Å². The number of hydrogen-bond donors (Lipinski definition) is 2. The van der Waals surface area contributed by atoms with Gasteiger partial charge in [-0.2, -0.15) is 10.2 Å². The molecule has 0 saturated heterocycles. The van der Waals surface area contributed by atoms with E-state index >= 15 is 0 Å². The van der Waals surface area contributed by atoms with Crippen molar-refractivity contribution in [2.45, 2.75) is 6.92 Å². The van der Waals surface area contributed by atoms with E-state index in [-0.39, 0.29) is 0 Å². The molecule has 2 rings (SSSR count). The number of aryl methyl sites for hydroxylation is 1. The number of nitrogens with two attached hydrogens (primary N) is 1. The Balaban J connectivity index is 2.26. The van der Waals surface area contributed by atoms with Gasteiger partial charge in [-0.15, -0.1) is 0 Å². The average Bonchev–Trinajstić information content (AvgIpc) is 2.37. The van der Waals surface area contributed by atoms with Gasteiger partial charge in [0.25, 0.3) is 0 Å². The quantitative estimate of drug-likeness (QED) is 0.890. The first kappa shape index (κ1) is 12.3. The SMILES string of the molecule is Cc1nc(Nc2ccc(C#N)cc2)nc(N)c1Br. The molecule has 1 heterocycles. The lowest BCUT2D eigenvalue weighted by molar-refractivity contribution is 1.10. The molecule has 1 aromatic heterocycles. The van der Waals surface area contributed by atoms with Crippen molar-refractivity contribution in [1.29, 1.82) is 5.26 Å². The molecular weight excluding hydrogens is 294 g/mol. The summed E-state index contributed by atoms with van der Waals surface area (Å²) in [6, 6.07) is 9.07. The number of benzene rings is 1. The van der Waals surface area contributed by atoms with Crippen LogP contribution in [0.2, 0.25) is 0 Å². The van der Waals surface area contributed by atoms with Crippen molar-refractivity contribution in [3.8, 4) is 6.07 Å². The van der Waals surface area contributed by atoms with Gasteiger partial charge in [-0.1, -0.05) is 0 Å². The third kappa shape index (κ3) is 2.57. The molecule has 0 amide bonds. The lowest BCUT2D eigenvalue weighted by Gasteiger charge is -2.08. The molecule has 90 valence electrons. The molecule has 3 N–H and O–H groups in total. The summed E-state index contributed by atoms with van der Waals surface area (Å²) in [4.78, 5) is 8.37. The highest BCUT2D eigenvalue weighted by atomic mass is 79.9. The number of aromatic nitrogens is 2. The van der Waals surface area contributed by atoms with Crippen molar-refractivity contribution in [3.63, 3.8) is 0 Å². The van der Waals surface area contributed by atoms with Crippen molar-refractivity contribution >= 4 is 33.4 Å². The third-order valence-electron chi connectivity index (χ3n) is 2.31. The predicted octanol–water partition coefficient (Wildman–Crippen LogP) is 2.75. The summed E-state index contributed by atoms with van der Waals surface area (Å²) in [6.45, 7) is 1.84. The van der Waals surface area contributed by atoms with Crippen molar-refractivity contribution in [1.82, 2.24) is 9.97 Å². The van der Waals surface area contributed by atoms with E-state index in [1.54, 1.807) is 24.3 Å². The number of nitrogens with zero attached hydrogens (tertiary/aromatic N) is 3. The van der Waals surface area contributed by atoms with Gasteiger partial charge >= 0.3 is 0 Å². The largest absolute Gasteiger partial charge is 0.383 e. The predicted molar refractivity (Wildman–Crippen MR) is 73.3 cm³/mol. The second-order valence-electron chi connectivity index (χ2n) is 3.65. The van der Waals surface area contributed by atoms with Crippen LogP contribution in [0.25, 0.3) is 0 Å². The fourth-order valence-electron chi connectivity index (χ4n) is 1.39. The molecule has 0 atom stereocenters. The standard InChI is InChI=1S/C12H10BrN5/c1-7-10(13)11(15)18-12(16-7)17-9-4-2-8(6-14)3-5-9/h2-5H,1H3,(H3,15,16,17,18). The smallest absolute Gasteiger partial charge is 0.229 e. The first-order chi connectivity index (χ1) is 8.60. The van der Waals surface area contributed by atoms with Crippen LogP contribution in [0, 0.1) is 18.3 Å². The van der Waals surface area contributed by atoms with Crippen LogP contribution in [0.5, 0.6) is 0 Å². The molecule has 0 aliphatic rings. The van der Waals surface area contributed by atoms with E-state index in [1.807, 2.05) is 6.92 Å². The maximum absolute atomic E-state index is 8.70. The second kappa shape index (κ2) is 5.02. The molecule has 0 aliphatic heterocycles. The van der Waals surface area contributed by atoms with Gasteiger partial charge in [-0.05, 0) is 47.1 Å². The van der Waals surface area contributed by atoms with Crippen molar-refractivity contribution in [2.75, 3.05) is 11.1 Å². The van der Waals surface area contributed by atoms with Gasteiger partial charge in [0.2, 0.25) is 5.95 Å². The van der Waals surface area contributed by atoms with E-state index < -0.39 is 0 Å². The second-order valence-corrected chi connectivity index (χ2v) is 4.44. The van der Waals surface area contributed by atoms with Gasteiger partial charge in [0, 0.05) is 5.69 Å². The number of rotatable bonds is 2. The summed E-state index contributed by atoms with van der Waals surface area (Å²) in [5, 5.41) is 11.7. The zero-order valence-corrected chi connectivity index (χ0v) is 11.2. The zero-order chi connectivity index (χ0) is 13.1. The van der Waals surface area contributed by atoms with Gasteiger partial charge < -0.3 is 11.1 Å². The molecule has 18 heavy (non-hydrogen) atoms. The van der Waals surface area contributed by atoms with Gasteiger partial charge in [0.15, 0.2) is 0 Å². The molecule has 0 unspecified atom stereocenters. The van der Waals surface area contributed by atoms with Crippen LogP contribution in [0.3, 0.4) is 0 Å². The van der Waals surface area contributed by atoms with E-state index in [2.05, 4.69) is 37.3 Å². The first-order valence-corrected chi connectivity index (χ1v) is 5.96. The fraction of sp³-hybridized carbons (Fsp3) is 0.0833. The van der Waals surface area contributed by atoms with Gasteiger partial charge in [-0.25, -0.2) is 4.98 Å². The summed E-state index contributed by atoms with van der Waals surface area (Å²) in [5.41, 5.74) is 7.91. The maximum Gasteiger partial charge on any atom is 0.229 e. The lowest BCUT2D eigenvalue weighted by atomic mass is 10.2. The zero-order valence-electron chi connectivity index (χ0n) is 9.61. The monoisotopic (exact) mass is 303 g/mol.